The molecule has 23 heavy (non-hydrogen) atoms. The van der Waals surface area contributed by atoms with Crippen LogP contribution in [0.4, 0.5) is 0 Å². The van der Waals surface area contributed by atoms with Gasteiger partial charge in [-0.3, -0.25) is 4.90 Å². The molecule has 1 heteroatoms. The summed E-state index contributed by atoms with van der Waals surface area (Å²) in [4.78, 5) is 2.62. The normalized spacial score (nSPS) is 16.6. The highest BCUT2D eigenvalue weighted by molar-refractivity contribution is 5.63. The van der Waals surface area contributed by atoms with Crippen LogP contribution < -0.4 is 0 Å². The predicted molar refractivity (Wildman–Crippen MR) is 99.4 cm³/mol. The van der Waals surface area contributed by atoms with Crippen molar-refractivity contribution >= 4 is 0 Å². The Labute approximate surface area is 141 Å². The van der Waals surface area contributed by atoms with E-state index in [9.17, 15) is 0 Å². The Hall–Kier alpha value is -1.60. The molecule has 1 nitrogen and oxygen atoms in total. The summed E-state index contributed by atoms with van der Waals surface area (Å²) >= 11 is 0. The Morgan fingerprint density at radius 2 is 1.52 bits per heavy atom. The number of piperidine rings is 1. The fourth-order valence-electron chi connectivity index (χ4n) is 3.62. The second kappa shape index (κ2) is 8.31. The lowest BCUT2D eigenvalue weighted by Gasteiger charge is -2.32. The number of rotatable bonds is 6. The molecule has 0 aromatic heterocycles. The number of hydrogen-bond donors (Lipinski definition) is 0. The highest BCUT2D eigenvalue weighted by Gasteiger charge is 2.18. The zero-order chi connectivity index (χ0) is 15.9. The molecule has 1 saturated heterocycles. The van der Waals surface area contributed by atoms with E-state index in [2.05, 4.69) is 66.4 Å². The molecule has 1 aliphatic rings. The van der Waals surface area contributed by atoms with Crippen molar-refractivity contribution in [1.82, 2.24) is 4.90 Å². The van der Waals surface area contributed by atoms with E-state index in [1.54, 1.807) is 0 Å². The molecule has 0 radical (unpaired) electrons. The first-order valence-corrected chi connectivity index (χ1v) is 9.22. The van der Waals surface area contributed by atoms with Gasteiger partial charge in [-0.15, -0.1) is 0 Å². The van der Waals surface area contributed by atoms with Crippen molar-refractivity contribution in [3.8, 4) is 11.1 Å². The molecule has 1 aliphatic heterocycles. The lowest BCUT2D eigenvalue weighted by Crippen LogP contribution is -2.33. The Kier molecular flexibility index (Phi) is 5.87. The maximum Gasteiger partial charge on any atom is 0.0233 e. The van der Waals surface area contributed by atoms with Crippen molar-refractivity contribution in [2.45, 2.75) is 45.6 Å². The smallest absolute Gasteiger partial charge is 0.0233 e. The van der Waals surface area contributed by atoms with Crippen LogP contribution in [-0.4, -0.2) is 18.0 Å². The van der Waals surface area contributed by atoms with Crippen LogP contribution >= 0.6 is 0 Å². The standard InChI is InChI=1S/C22H29N/c1-2-3-7-19-14-16-23(17-15-19)18-20-10-12-22(13-11-20)21-8-5-4-6-9-21/h4-6,8-13,19H,2-3,7,14-18H2,1H3. The Morgan fingerprint density at radius 3 is 2.17 bits per heavy atom. The van der Waals surface area contributed by atoms with Crippen molar-refractivity contribution in [3.05, 3.63) is 60.2 Å². The van der Waals surface area contributed by atoms with E-state index in [1.807, 2.05) is 0 Å². The molecule has 0 spiro atoms. The SMILES string of the molecule is CCCCC1CCN(Cc2ccc(-c3ccccc3)cc2)CC1. The van der Waals surface area contributed by atoms with Crippen molar-refractivity contribution in [2.75, 3.05) is 13.1 Å². The van der Waals surface area contributed by atoms with Gasteiger partial charge >= 0.3 is 0 Å². The molecule has 0 amide bonds. The van der Waals surface area contributed by atoms with Crippen LogP contribution in [0, 0.1) is 5.92 Å². The first-order valence-electron chi connectivity index (χ1n) is 9.22. The van der Waals surface area contributed by atoms with Gasteiger partial charge in [0.1, 0.15) is 0 Å². The first kappa shape index (κ1) is 16.3. The van der Waals surface area contributed by atoms with Crippen LogP contribution in [0.5, 0.6) is 0 Å². The van der Waals surface area contributed by atoms with Gasteiger partial charge in [0.2, 0.25) is 0 Å². The van der Waals surface area contributed by atoms with Gasteiger partial charge in [-0.2, -0.15) is 0 Å². The van der Waals surface area contributed by atoms with Gasteiger partial charge in [0, 0.05) is 6.54 Å². The highest BCUT2D eigenvalue weighted by atomic mass is 15.1. The van der Waals surface area contributed by atoms with E-state index in [1.165, 1.54) is 61.9 Å². The third-order valence-electron chi connectivity index (χ3n) is 5.14. The fourth-order valence-corrected chi connectivity index (χ4v) is 3.62. The van der Waals surface area contributed by atoms with E-state index >= 15 is 0 Å². The molecule has 0 aliphatic carbocycles. The average molecular weight is 307 g/mol. The molecule has 3 rings (SSSR count). The first-order chi connectivity index (χ1) is 11.3. The molecule has 2 aromatic carbocycles. The van der Waals surface area contributed by atoms with Crippen LogP contribution in [0.2, 0.25) is 0 Å². The van der Waals surface area contributed by atoms with Crippen molar-refractivity contribution in [3.63, 3.8) is 0 Å². The zero-order valence-corrected chi connectivity index (χ0v) is 14.4. The summed E-state index contributed by atoms with van der Waals surface area (Å²) in [5.41, 5.74) is 4.06. The minimum Gasteiger partial charge on any atom is -0.299 e. The fraction of sp³-hybridized carbons (Fsp3) is 0.455. The topological polar surface area (TPSA) is 3.24 Å². The summed E-state index contributed by atoms with van der Waals surface area (Å²) in [6.45, 7) is 5.95. The largest absolute Gasteiger partial charge is 0.299 e. The van der Waals surface area contributed by atoms with Gasteiger partial charge in [0.25, 0.3) is 0 Å². The number of unbranched alkanes of at least 4 members (excludes halogenated alkanes) is 1. The monoisotopic (exact) mass is 307 g/mol. The molecular formula is C22H29N. The molecule has 0 bridgehead atoms. The van der Waals surface area contributed by atoms with Crippen LogP contribution in [0.25, 0.3) is 11.1 Å². The van der Waals surface area contributed by atoms with Gasteiger partial charge in [-0.25, -0.2) is 0 Å². The molecular weight excluding hydrogens is 278 g/mol. The number of benzene rings is 2. The molecule has 0 atom stereocenters. The van der Waals surface area contributed by atoms with Crippen LogP contribution in [0.15, 0.2) is 54.6 Å². The third-order valence-corrected chi connectivity index (χ3v) is 5.14. The molecule has 0 saturated carbocycles. The van der Waals surface area contributed by atoms with E-state index in [-0.39, 0.29) is 0 Å². The number of likely N-dealkylation sites (tertiary alicyclic amines) is 1. The van der Waals surface area contributed by atoms with Gasteiger partial charge in [0.15, 0.2) is 0 Å². The summed E-state index contributed by atoms with van der Waals surface area (Å²) in [7, 11) is 0. The Bertz CT molecular complexity index is 565. The summed E-state index contributed by atoms with van der Waals surface area (Å²) in [6, 6.07) is 19.8. The molecule has 0 N–H and O–H groups in total. The maximum absolute atomic E-state index is 2.62. The summed E-state index contributed by atoms with van der Waals surface area (Å²) in [5.74, 6) is 0.978. The summed E-state index contributed by atoms with van der Waals surface area (Å²) < 4.78 is 0. The van der Waals surface area contributed by atoms with E-state index < -0.39 is 0 Å². The second-order valence-corrected chi connectivity index (χ2v) is 6.92. The lowest BCUT2D eigenvalue weighted by atomic mass is 9.91. The van der Waals surface area contributed by atoms with Crippen LogP contribution in [0.3, 0.4) is 0 Å². The lowest BCUT2D eigenvalue weighted by molar-refractivity contribution is 0.171. The zero-order valence-electron chi connectivity index (χ0n) is 14.4. The predicted octanol–water partition coefficient (Wildman–Crippen LogP) is 5.76. The van der Waals surface area contributed by atoms with Gasteiger partial charge in [0.05, 0.1) is 0 Å². The summed E-state index contributed by atoms with van der Waals surface area (Å²) in [5, 5.41) is 0. The molecule has 0 unspecified atom stereocenters. The number of nitrogens with zero attached hydrogens (tertiary/aromatic N) is 1. The van der Waals surface area contributed by atoms with Gasteiger partial charge in [-0.05, 0) is 48.5 Å². The maximum atomic E-state index is 2.62. The van der Waals surface area contributed by atoms with Crippen LogP contribution in [0.1, 0.15) is 44.6 Å². The molecule has 122 valence electrons. The quantitative estimate of drug-likeness (QED) is 0.656. The van der Waals surface area contributed by atoms with E-state index in [4.69, 9.17) is 0 Å². The van der Waals surface area contributed by atoms with E-state index in [0.717, 1.165) is 12.5 Å². The number of hydrogen-bond acceptors (Lipinski definition) is 1. The Morgan fingerprint density at radius 1 is 0.870 bits per heavy atom. The average Bonchev–Trinajstić information content (AvgIpc) is 2.62. The minimum absolute atomic E-state index is 0.978. The molecule has 1 fully saturated rings. The van der Waals surface area contributed by atoms with Crippen molar-refractivity contribution in [1.29, 1.82) is 0 Å². The minimum atomic E-state index is 0.978. The van der Waals surface area contributed by atoms with Crippen molar-refractivity contribution in [2.24, 2.45) is 5.92 Å². The third kappa shape index (κ3) is 4.68. The Balaban J connectivity index is 1.51. The van der Waals surface area contributed by atoms with E-state index in [0.29, 0.717) is 0 Å². The highest BCUT2D eigenvalue weighted by Crippen LogP contribution is 2.24. The summed E-state index contributed by atoms with van der Waals surface area (Å²) in [6.07, 6.45) is 6.97. The van der Waals surface area contributed by atoms with Gasteiger partial charge < -0.3 is 0 Å². The van der Waals surface area contributed by atoms with Gasteiger partial charge in [-0.1, -0.05) is 80.8 Å². The van der Waals surface area contributed by atoms with Crippen LogP contribution in [-0.2, 0) is 6.54 Å². The molecule has 1 heterocycles. The molecule has 2 aromatic rings. The van der Waals surface area contributed by atoms with Crippen molar-refractivity contribution < 1.29 is 0 Å². The second-order valence-electron chi connectivity index (χ2n) is 6.92.